The predicted molar refractivity (Wildman–Crippen MR) is 83.6 cm³/mol. The molecule has 2 aromatic heterocycles. The van der Waals surface area contributed by atoms with Gasteiger partial charge < -0.3 is 10.6 Å². The molecule has 5 nitrogen and oxygen atoms in total. The summed E-state index contributed by atoms with van der Waals surface area (Å²) < 4.78 is 40.3. The molecule has 0 saturated heterocycles. The van der Waals surface area contributed by atoms with E-state index in [2.05, 4.69) is 20.6 Å². The summed E-state index contributed by atoms with van der Waals surface area (Å²) in [5.74, 6) is 0. The first-order chi connectivity index (χ1) is 11.4. The average molecular weight is 332 g/mol. The number of hydrogen-bond acceptors (Lipinski definition) is 3. The monoisotopic (exact) mass is 332 g/mol. The Morgan fingerprint density at radius 1 is 1.00 bits per heavy atom. The number of urea groups is 1. The Morgan fingerprint density at radius 2 is 1.79 bits per heavy atom. The summed E-state index contributed by atoms with van der Waals surface area (Å²) in [6.45, 7) is 0. The standard InChI is InChI=1S/C16H11F3N4O/c17-16(18,19)14-11-5-1-2-6-12(11)21-9-13(14)23-15(24)22-10-4-3-7-20-8-10/h1-9H,(H2,22,23,24). The van der Waals surface area contributed by atoms with Gasteiger partial charge in [0.25, 0.3) is 0 Å². The number of carbonyl (C=O) groups is 1. The minimum Gasteiger partial charge on any atom is -0.306 e. The van der Waals surface area contributed by atoms with Gasteiger partial charge in [0.05, 0.1) is 34.8 Å². The Hall–Kier alpha value is -3.16. The zero-order chi connectivity index (χ0) is 17.2. The van der Waals surface area contributed by atoms with Crippen molar-refractivity contribution in [1.29, 1.82) is 0 Å². The molecular formula is C16H11F3N4O. The summed E-state index contributed by atoms with van der Waals surface area (Å²) in [4.78, 5) is 19.7. The van der Waals surface area contributed by atoms with Gasteiger partial charge in [-0.2, -0.15) is 13.2 Å². The van der Waals surface area contributed by atoms with Crippen molar-refractivity contribution in [2.24, 2.45) is 0 Å². The van der Waals surface area contributed by atoms with Crippen LogP contribution in [0, 0.1) is 0 Å². The predicted octanol–water partition coefficient (Wildman–Crippen LogP) is 4.29. The molecule has 122 valence electrons. The quantitative estimate of drug-likeness (QED) is 0.735. The smallest absolute Gasteiger partial charge is 0.306 e. The van der Waals surface area contributed by atoms with Crippen molar-refractivity contribution in [3.05, 3.63) is 60.6 Å². The summed E-state index contributed by atoms with van der Waals surface area (Å²) in [6.07, 6.45) is -0.756. The fourth-order valence-electron chi connectivity index (χ4n) is 2.26. The van der Waals surface area contributed by atoms with Crippen molar-refractivity contribution < 1.29 is 18.0 Å². The van der Waals surface area contributed by atoms with Crippen LogP contribution in [0.2, 0.25) is 0 Å². The first-order valence-corrected chi connectivity index (χ1v) is 6.88. The number of nitrogens with zero attached hydrogens (tertiary/aromatic N) is 2. The van der Waals surface area contributed by atoms with Gasteiger partial charge in [0, 0.05) is 11.6 Å². The van der Waals surface area contributed by atoms with Crippen LogP contribution in [0.1, 0.15) is 5.56 Å². The number of para-hydroxylation sites is 1. The molecule has 0 spiro atoms. The van der Waals surface area contributed by atoms with Crippen LogP contribution in [-0.4, -0.2) is 16.0 Å². The summed E-state index contributed by atoms with van der Waals surface area (Å²) in [5.41, 5.74) is -0.794. The van der Waals surface area contributed by atoms with E-state index >= 15 is 0 Å². The molecule has 0 radical (unpaired) electrons. The number of carbonyl (C=O) groups excluding carboxylic acids is 1. The summed E-state index contributed by atoms with van der Waals surface area (Å²) in [7, 11) is 0. The van der Waals surface area contributed by atoms with Crippen LogP contribution >= 0.6 is 0 Å². The van der Waals surface area contributed by atoms with Gasteiger partial charge in [-0.05, 0) is 18.2 Å². The van der Waals surface area contributed by atoms with Gasteiger partial charge >= 0.3 is 12.2 Å². The van der Waals surface area contributed by atoms with Gasteiger partial charge in [0.1, 0.15) is 0 Å². The number of benzene rings is 1. The average Bonchev–Trinajstić information content (AvgIpc) is 2.54. The first kappa shape index (κ1) is 15.7. The molecule has 3 aromatic rings. The second-order valence-corrected chi connectivity index (χ2v) is 4.88. The third kappa shape index (κ3) is 3.27. The molecule has 24 heavy (non-hydrogen) atoms. The Labute approximate surface area is 134 Å². The number of rotatable bonds is 2. The maximum atomic E-state index is 13.4. The third-order valence-corrected chi connectivity index (χ3v) is 3.23. The van der Waals surface area contributed by atoms with Crippen LogP contribution in [0.4, 0.5) is 29.3 Å². The van der Waals surface area contributed by atoms with Crippen molar-refractivity contribution >= 4 is 28.3 Å². The molecule has 8 heteroatoms. The summed E-state index contributed by atoms with van der Waals surface area (Å²) in [5, 5.41) is 4.53. The Bertz CT molecular complexity index is 881. The molecular weight excluding hydrogens is 321 g/mol. The van der Waals surface area contributed by atoms with E-state index in [-0.39, 0.29) is 10.9 Å². The second kappa shape index (κ2) is 6.15. The number of amides is 2. The first-order valence-electron chi connectivity index (χ1n) is 6.88. The molecule has 0 aliphatic rings. The Kier molecular flexibility index (Phi) is 4.03. The molecule has 2 amide bonds. The van der Waals surface area contributed by atoms with E-state index in [1.807, 2.05) is 0 Å². The van der Waals surface area contributed by atoms with Crippen LogP contribution in [0.15, 0.2) is 55.0 Å². The number of alkyl halides is 3. The highest BCUT2D eigenvalue weighted by Gasteiger charge is 2.36. The molecule has 0 fully saturated rings. The molecule has 0 aliphatic heterocycles. The molecule has 0 saturated carbocycles. The van der Waals surface area contributed by atoms with Crippen LogP contribution in [0.25, 0.3) is 10.9 Å². The number of nitrogens with one attached hydrogen (secondary N) is 2. The normalized spacial score (nSPS) is 11.3. The maximum absolute atomic E-state index is 13.4. The van der Waals surface area contributed by atoms with Crippen LogP contribution in [0.3, 0.4) is 0 Å². The number of hydrogen-bond donors (Lipinski definition) is 2. The minimum absolute atomic E-state index is 0.0795. The van der Waals surface area contributed by atoms with Gasteiger partial charge in [-0.25, -0.2) is 4.79 Å². The number of pyridine rings is 2. The van der Waals surface area contributed by atoms with Crippen molar-refractivity contribution in [1.82, 2.24) is 9.97 Å². The molecule has 2 N–H and O–H groups in total. The number of anilines is 2. The van der Waals surface area contributed by atoms with Crippen molar-refractivity contribution in [3.8, 4) is 0 Å². The molecule has 0 unspecified atom stereocenters. The van der Waals surface area contributed by atoms with Gasteiger partial charge in [-0.3, -0.25) is 9.97 Å². The molecule has 0 atom stereocenters. The van der Waals surface area contributed by atoms with Gasteiger partial charge in [0.2, 0.25) is 0 Å². The fraction of sp³-hybridized carbons (Fsp3) is 0.0625. The lowest BCUT2D eigenvalue weighted by atomic mass is 10.1. The van der Waals surface area contributed by atoms with E-state index in [0.29, 0.717) is 5.69 Å². The number of aromatic nitrogens is 2. The minimum atomic E-state index is -4.64. The SMILES string of the molecule is O=C(Nc1cccnc1)Nc1cnc2ccccc2c1C(F)(F)F. The van der Waals surface area contributed by atoms with Crippen LogP contribution < -0.4 is 10.6 Å². The lowest BCUT2D eigenvalue weighted by Crippen LogP contribution is -2.22. The lowest BCUT2D eigenvalue weighted by molar-refractivity contribution is -0.135. The maximum Gasteiger partial charge on any atom is 0.419 e. The van der Waals surface area contributed by atoms with Crippen molar-refractivity contribution in [2.45, 2.75) is 6.18 Å². The highest BCUT2D eigenvalue weighted by molar-refractivity contribution is 6.02. The second-order valence-electron chi connectivity index (χ2n) is 4.88. The largest absolute Gasteiger partial charge is 0.419 e. The van der Waals surface area contributed by atoms with E-state index in [4.69, 9.17) is 0 Å². The van der Waals surface area contributed by atoms with Gasteiger partial charge in [0.15, 0.2) is 0 Å². The van der Waals surface area contributed by atoms with Crippen LogP contribution in [0.5, 0.6) is 0 Å². The van der Waals surface area contributed by atoms with E-state index < -0.39 is 23.5 Å². The van der Waals surface area contributed by atoms with E-state index in [1.165, 1.54) is 30.6 Å². The highest BCUT2D eigenvalue weighted by Crippen LogP contribution is 2.39. The van der Waals surface area contributed by atoms with E-state index in [0.717, 1.165) is 6.20 Å². The highest BCUT2D eigenvalue weighted by atomic mass is 19.4. The zero-order valence-electron chi connectivity index (χ0n) is 12.1. The molecule has 1 aromatic carbocycles. The van der Waals surface area contributed by atoms with Gasteiger partial charge in [-0.1, -0.05) is 18.2 Å². The lowest BCUT2D eigenvalue weighted by Gasteiger charge is -2.16. The number of halogens is 3. The van der Waals surface area contributed by atoms with Crippen LogP contribution in [-0.2, 0) is 6.18 Å². The fourth-order valence-corrected chi connectivity index (χ4v) is 2.26. The molecule has 0 aliphatic carbocycles. The van der Waals surface area contributed by atoms with E-state index in [9.17, 15) is 18.0 Å². The zero-order valence-corrected chi connectivity index (χ0v) is 12.1. The summed E-state index contributed by atoms with van der Waals surface area (Å²) >= 11 is 0. The molecule has 2 heterocycles. The van der Waals surface area contributed by atoms with Crippen molar-refractivity contribution in [2.75, 3.05) is 10.6 Å². The van der Waals surface area contributed by atoms with E-state index in [1.54, 1.807) is 18.2 Å². The van der Waals surface area contributed by atoms with Gasteiger partial charge in [-0.15, -0.1) is 0 Å². The Balaban J connectivity index is 1.96. The topological polar surface area (TPSA) is 66.9 Å². The third-order valence-electron chi connectivity index (χ3n) is 3.23. The number of fused-ring (bicyclic) bond motifs is 1. The molecule has 3 rings (SSSR count). The van der Waals surface area contributed by atoms with Crippen molar-refractivity contribution in [3.63, 3.8) is 0 Å². The Morgan fingerprint density at radius 3 is 2.50 bits per heavy atom. The summed E-state index contributed by atoms with van der Waals surface area (Å²) in [6, 6.07) is 8.21. The molecule has 0 bridgehead atoms.